The molecule has 56 valence electrons. The number of nitrogens with two attached hydrogens (primary N) is 1. The number of aromatic nitrogens is 1. The van der Waals surface area contributed by atoms with Crippen LogP contribution in [0.5, 0.6) is 0 Å². The number of nitrogen functional groups attached to an aromatic ring is 1. The van der Waals surface area contributed by atoms with Crippen LogP contribution in [0.4, 0.5) is 10.2 Å². The first-order valence-electron chi connectivity index (χ1n) is 3.31. The average molecular weight is 150 g/mol. The molecule has 2 nitrogen and oxygen atoms in total. The van der Waals surface area contributed by atoms with E-state index in [9.17, 15) is 4.48 Å². The fourth-order valence-corrected chi connectivity index (χ4v) is 1.17. The molecule has 2 N–H and O–H groups in total. The largest absolute Gasteiger partial charge is 0.397 e. The molecule has 0 aliphatic heterocycles. The van der Waals surface area contributed by atoms with Gasteiger partial charge in [-0.1, -0.05) is 22.7 Å². The molecule has 0 unspecified atom stereocenters. The maximum absolute atomic E-state index is 12.8. The summed E-state index contributed by atoms with van der Waals surface area (Å²) in [4.78, 5) is 0.532. The van der Waals surface area contributed by atoms with Crippen LogP contribution in [-0.4, -0.2) is 4.79 Å². The van der Waals surface area contributed by atoms with Crippen molar-refractivity contribution in [1.29, 1.82) is 0 Å². The molecule has 2 aromatic rings. The number of hydrogen-bond acceptors (Lipinski definition) is 1. The SMILES string of the molecule is Nc1cn(F)c2ccccc12. The maximum Gasteiger partial charge on any atom is 0.0834 e. The summed E-state index contributed by atoms with van der Waals surface area (Å²) in [6, 6.07) is 7.09. The van der Waals surface area contributed by atoms with Crippen molar-refractivity contribution in [3.63, 3.8) is 0 Å². The minimum absolute atomic E-state index is 0.475. The van der Waals surface area contributed by atoms with E-state index in [1.54, 1.807) is 18.2 Å². The summed E-state index contributed by atoms with van der Waals surface area (Å²) in [7, 11) is 0. The number of benzene rings is 1. The van der Waals surface area contributed by atoms with Gasteiger partial charge in [-0.05, 0) is 6.07 Å². The Morgan fingerprint density at radius 3 is 2.73 bits per heavy atom. The van der Waals surface area contributed by atoms with Gasteiger partial charge >= 0.3 is 0 Å². The Hall–Kier alpha value is -1.51. The van der Waals surface area contributed by atoms with E-state index in [1.165, 1.54) is 6.20 Å². The van der Waals surface area contributed by atoms with Crippen LogP contribution in [0, 0.1) is 0 Å². The van der Waals surface area contributed by atoms with Crippen LogP contribution < -0.4 is 5.73 Å². The van der Waals surface area contributed by atoms with Crippen molar-refractivity contribution in [2.75, 3.05) is 5.73 Å². The van der Waals surface area contributed by atoms with E-state index in [-0.39, 0.29) is 0 Å². The van der Waals surface area contributed by atoms with Crippen molar-refractivity contribution in [2.24, 2.45) is 0 Å². The second kappa shape index (κ2) is 1.99. The van der Waals surface area contributed by atoms with Crippen LogP contribution in [0.25, 0.3) is 10.9 Å². The van der Waals surface area contributed by atoms with Crippen LogP contribution >= 0.6 is 0 Å². The number of halogens is 1. The molecule has 2 rings (SSSR count). The van der Waals surface area contributed by atoms with Gasteiger partial charge in [0.05, 0.1) is 17.4 Å². The monoisotopic (exact) mass is 150 g/mol. The molecule has 0 atom stereocenters. The lowest BCUT2D eigenvalue weighted by Crippen LogP contribution is -1.78. The molecule has 0 radical (unpaired) electrons. The highest BCUT2D eigenvalue weighted by Crippen LogP contribution is 2.22. The Bertz CT molecular complexity index is 356. The van der Waals surface area contributed by atoms with Gasteiger partial charge in [-0.3, -0.25) is 0 Å². The summed E-state index contributed by atoms with van der Waals surface area (Å²) < 4.78 is 12.8. The third-order valence-corrected chi connectivity index (χ3v) is 1.70. The molecular weight excluding hydrogens is 143 g/mol. The van der Waals surface area contributed by atoms with Crippen molar-refractivity contribution in [1.82, 2.24) is 4.79 Å². The Morgan fingerprint density at radius 1 is 1.27 bits per heavy atom. The molecule has 0 amide bonds. The van der Waals surface area contributed by atoms with E-state index in [1.807, 2.05) is 6.07 Å². The summed E-state index contributed by atoms with van der Waals surface area (Å²) in [5, 5.41) is 0.759. The van der Waals surface area contributed by atoms with Gasteiger partial charge in [0.25, 0.3) is 0 Å². The first-order valence-corrected chi connectivity index (χ1v) is 3.31. The van der Waals surface area contributed by atoms with Crippen molar-refractivity contribution >= 4 is 16.6 Å². The Kier molecular flexibility index (Phi) is 1.12. The normalized spacial score (nSPS) is 10.6. The van der Waals surface area contributed by atoms with Crippen LogP contribution in [0.3, 0.4) is 0 Å². The minimum Gasteiger partial charge on any atom is -0.397 e. The molecule has 1 heterocycles. The van der Waals surface area contributed by atoms with Gasteiger partial charge in [-0.15, -0.1) is 0 Å². The number of nitrogens with zero attached hydrogens (tertiary/aromatic N) is 1. The molecule has 0 saturated heterocycles. The van der Waals surface area contributed by atoms with Gasteiger partial charge in [0.15, 0.2) is 0 Å². The maximum atomic E-state index is 12.8. The molecule has 3 heteroatoms. The summed E-state index contributed by atoms with van der Waals surface area (Å²) in [5.41, 5.74) is 6.51. The third kappa shape index (κ3) is 0.774. The number of anilines is 1. The van der Waals surface area contributed by atoms with Gasteiger partial charge in [-0.25, -0.2) is 0 Å². The molecule has 0 aliphatic rings. The molecule has 1 aromatic heterocycles. The molecule has 0 bridgehead atoms. The summed E-state index contributed by atoms with van der Waals surface area (Å²) >= 11 is 0. The van der Waals surface area contributed by atoms with E-state index < -0.39 is 0 Å². The van der Waals surface area contributed by atoms with Crippen molar-refractivity contribution in [3.05, 3.63) is 30.5 Å². The highest BCUT2D eigenvalue weighted by molar-refractivity contribution is 5.91. The number of fused-ring (bicyclic) bond motifs is 1. The first kappa shape index (κ1) is 6.22. The van der Waals surface area contributed by atoms with Crippen LogP contribution in [0.15, 0.2) is 30.5 Å². The van der Waals surface area contributed by atoms with E-state index in [0.29, 0.717) is 16.0 Å². The lowest BCUT2D eigenvalue weighted by atomic mass is 10.2. The Balaban J connectivity index is 2.95. The van der Waals surface area contributed by atoms with Crippen LogP contribution in [0.1, 0.15) is 0 Å². The molecule has 0 spiro atoms. The highest BCUT2D eigenvalue weighted by atomic mass is 19.2. The zero-order valence-corrected chi connectivity index (χ0v) is 5.79. The van der Waals surface area contributed by atoms with Crippen LogP contribution in [0.2, 0.25) is 0 Å². The highest BCUT2D eigenvalue weighted by Gasteiger charge is 2.02. The first-order chi connectivity index (χ1) is 5.29. The summed E-state index contributed by atoms with van der Waals surface area (Å²) in [6.07, 6.45) is 1.27. The zero-order chi connectivity index (χ0) is 7.84. The van der Waals surface area contributed by atoms with E-state index >= 15 is 0 Å². The van der Waals surface area contributed by atoms with Gasteiger partial charge in [0.1, 0.15) is 0 Å². The number of para-hydroxylation sites is 1. The molecular formula is C8H7FN2. The minimum atomic E-state index is 0.475. The second-order valence-electron chi connectivity index (χ2n) is 2.41. The van der Waals surface area contributed by atoms with E-state index in [4.69, 9.17) is 5.73 Å². The van der Waals surface area contributed by atoms with Gasteiger partial charge in [0.2, 0.25) is 0 Å². The van der Waals surface area contributed by atoms with Crippen molar-refractivity contribution < 1.29 is 4.48 Å². The van der Waals surface area contributed by atoms with Gasteiger partial charge in [-0.2, -0.15) is 4.79 Å². The predicted octanol–water partition coefficient (Wildman–Crippen LogP) is 1.96. The average Bonchev–Trinajstić information content (AvgIpc) is 2.30. The molecule has 0 fully saturated rings. The van der Waals surface area contributed by atoms with Crippen molar-refractivity contribution in [3.8, 4) is 0 Å². The summed E-state index contributed by atoms with van der Waals surface area (Å²) in [6.45, 7) is 0. The Morgan fingerprint density at radius 2 is 2.00 bits per heavy atom. The second-order valence-corrected chi connectivity index (χ2v) is 2.41. The standard InChI is InChI=1S/C8H7FN2/c9-11-5-7(10)6-3-1-2-4-8(6)11/h1-5H,10H2. The smallest absolute Gasteiger partial charge is 0.0834 e. The summed E-state index contributed by atoms with van der Waals surface area (Å²) in [5.74, 6) is 0. The number of rotatable bonds is 0. The van der Waals surface area contributed by atoms with E-state index in [0.717, 1.165) is 5.39 Å². The lowest BCUT2D eigenvalue weighted by molar-refractivity contribution is 0.388. The molecule has 11 heavy (non-hydrogen) atoms. The fraction of sp³-hybridized carbons (Fsp3) is 0. The predicted molar refractivity (Wildman–Crippen MR) is 42.9 cm³/mol. The van der Waals surface area contributed by atoms with E-state index in [2.05, 4.69) is 0 Å². The molecule has 0 aliphatic carbocycles. The van der Waals surface area contributed by atoms with Gasteiger partial charge in [0, 0.05) is 5.39 Å². The zero-order valence-electron chi connectivity index (χ0n) is 5.79. The quantitative estimate of drug-likeness (QED) is 0.611. The van der Waals surface area contributed by atoms with Gasteiger partial charge < -0.3 is 5.73 Å². The molecule has 0 saturated carbocycles. The number of hydrogen-bond donors (Lipinski definition) is 1. The lowest BCUT2D eigenvalue weighted by Gasteiger charge is -1.88. The topological polar surface area (TPSA) is 30.9 Å². The fourth-order valence-electron chi connectivity index (χ4n) is 1.17. The molecule has 1 aromatic carbocycles. The van der Waals surface area contributed by atoms with Crippen molar-refractivity contribution in [2.45, 2.75) is 0 Å². The third-order valence-electron chi connectivity index (χ3n) is 1.70. The van der Waals surface area contributed by atoms with Crippen LogP contribution in [-0.2, 0) is 0 Å². The Labute approximate surface area is 63.0 Å².